The van der Waals surface area contributed by atoms with Crippen molar-refractivity contribution in [1.29, 1.82) is 0 Å². The van der Waals surface area contributed by atoms with Gasteiger partial charge in [-0.2, -0.15) is 0 Å². The predicted molar refractivity (Wildman–Crippen MR) is 88.3 cm³/mol. The van der Waals surface area contributed by atoms with Crippen molar-refractivity contribution in [2.45, 2.75) is 6.92 Å². The standard InChI is InChI=1S/C16H17FN4O3/c1-11-13(4-5-16(18-11)20-6-8-24-9-7-20)19-14-3-2-12(17)10-15(14)21(22)23/h2-5,10,19H,6-9H2,1H3. The predicted octanol–water partition coefficient (Wildman–Crippen LogP) is 3.02. The maximum atomic E-state index is 13.2. The number of hydrogen-bond donors (Lipinski definition) is 1. The fourth-order valence-corrected chi connectivity index (χ4v) is 2.56. The Labute approximate surface area is 138 Å². The second kappa shape index (κ2) is 6.79. The number of nitrogens with one attached hydrogen (secondary N) is 1. The molecule has 0 bridgehead atoms. The van der Waals surface area contributed by atoms with Crippen LogP contribution in [0.1, 0.15) is 5.69 Å². The molecule has 0 radical (unpaired) electrons. The fraction of sp³-hybridized carbons (Fsp3) is 0.312. The Kier molecular flexibility index (Phi) is 4.57. The highest BCUT2D eigenvalue weighted by molar-refractivity contribution is 5.71. The van der Waals surface area contributed by atoms with E-state index in [0.717, 1.165) is 25.0 Å². The second-order valence-electron chi connectivity index (χ2n) is 5.45. The van der Waals surface area contributed by atoms with E-state index in [9.17, 15) is 14.5 Å². The minimum Gasteiger partial charge on any atom is -0.378 e. The number of aromatic nitrogens is 1. The van der Waals surface area contributed by atoms with Crippen molar-refractivity contribution >= 4 is 22.9 Å². The van der Waals surface area contributed by atoms with Crippen LogP contribution in [-0.2, 0) is 4.74 Å². The van der Waals surface area contributed by atoms with Crippen molar-refractivity contribution < 1.29 is 14.1 Å². The Morgan fingerprint density at radius 2 is 1.96 bits per heavy atom. The molecule has 1 N–H and O–H groups in total. The number of hydrogen-bond acceptors (Lipinski definition) is 6. The zero-order valence-electron chi connectivity index (χ0n) is 13.2. The molecule has 24 heavy (non-hydrogen) atoms. The Bertz CT molecular complexity index is 763. The molecule has 1 aliphatic rings. The number of nitro benzene ring substituents is 1. The van der Waals surface area contributed by atoms with Crippen LogP contribution < -0.4 is 10.2 Å². The van der Waals surface area contributed by atoms with Crippen molar-refractivity contribution in [2.24, 2.45) is 0 Å². The number of anilines is 3. The van der Waals surface area contributed by atoms with Crippen LogP contribution in [0.15, 0.2) is 30.3 Å². The summed E-state index contributed by atoms with van der Waals surface area (Å²) in [5.41, 5.74) is 1.26. The van der Waals surface area contributed by atoms with Gasteiger partial charge in [0.15, 0.2) is 0 Å². The van der Waals surface area contributed by atoms with E-state index in [1.807, 2.05) is 19.1 Å². The highest BCUT2D eigenvalue weighted by Gasteiger charge is 2.17. The molecule has 0 saturated carbocycles. The lowest BCUT2D eigenvalue weighted by molar-refractivity contribution is -0.384. The summed E-state index contributed by atoms with van der Waals surface area (Å²) in [4.78, 5) is 17.1. The lowest BCUT2D eigenvalue weighted by Crippen LogP contribution is -2.36. The molecule has 8 heteroatoms. The highest BCUT2D eigenvalue weighted by Crippen LogP contribution is 2.30. The number of halogens is 1. The van der Waals surface area contributed by atoms with Crippen LogP contribution in [0.25, 0.3) is 0 Å². The van der Waals surface area contributed by atoms with Gasteiger partial charge in [0.25, 0.3) is 5.69 Å². The minimum absolute atomic E-state index is 0.227. The summed E-state index contributed by atoms with van der Waals surface area (Å²) in [6.07, 6.45) is 0. The van der Waals surface area contributed by atoms with E-state index >= 15 is 0 Å². The first-order valence-corrected chi connectivity index (χ1v) is 7.56. The van der Waals surface area contributed by atoms with Crippen molar-refractivity contribution in [3.63, 3.8) is 0 Å². The van der Waals surface area contributed by atoms with Crippen molar-refractivity contribution in [3.8, 4) is 0 Å². The summed E-state index contributed by atoms with van der Waals surface area (Å²) in [5.74, 6) is 0.194. The summed E-state index contributed by atoms with van der Waals surface area (Å²) in [5, 5.41) is 14.0. The third kappa shape index (κ3) is 3.43. The normalized spacial score (nSPS) is 14.5. The molecule has 1 fully saturated rings. The van der Waals surface area contributed by atoms with Crippen LogP contribution in [-0.4, -0.2) is 36.2 Å². The number of nitro groups is 1. The maximum Gasteiger partial charge on any atom is 0.295 e. The summed E-state index contributed by atoms with van der Waals surface area (Å²) < 4.78 is 18.5. The van der Waals surface area contributed by atoms with Gasteiger partial charge >= 0.3 is 0 Å². The molecule has 0 amide bonds. The van der Waals surface area contributed by atoms with E-state index in [1.54, 1.807) is 0 Å². The van der Waals surface area contributed by atoms with Gasteiger partial charge in [0.1, 0.15) is 17.3 Å². The molecule has 0 unspecified atom stereocenters. The molecule has 7 nitrogen and oxygen atoms in total. The summed E-state index contributed by atoms with van der Waals surface area (Å²) in [6.45, 7) is 4.72. The fourth-order valence-electron chi connectivity index (χ4n) is 2.56. The molecule has 1 aliphatic heterocycles. The summed E-state index contributed by atoms with van der Waals surface area (Å²) in [7, 11) is 0. The molecular formula is C16H17FN4O3. The van der Waals surface area contributed by atoms with Gasteiger partial charge in [-0.15, -0.1) is 0 Å². The first-order valence-electron chi connectivity index (χ1n) is 7.56. The van der Waals surface area contributed by atoms with E-state index in [0.29, 0.717) is 24.6 Å². The Morgan fingerprint density at radius 3 is 2.62 bits per heavy atom. The van der Waals surface area contributed by atoms with Crippen LogP contribution in [0, 0.1) is 22.9 Å². The molecule has 1 saturated heterocycles. The molecule has 1 aromatic carbocycles. The number of ether oxygens (including phenoxy) is 1. The van der Waals surface area contributed by atoms with E-state index < -0.39 is 10.7 Å². The average Bonchev–Trinajstić information content (AvgIpc) is 2.58. The third-order valence-electron chi connectivity index (χ3n) is 3.83. The molecule has 0 atom stereocenters. The van der Waals surface area contributed by atoms with E-state index in [1.165, 1.54) is 12.1 Å². The SMILES string of the molecule is Cc1nc(N2CCOCC2)ccc1Nc1ccc(F)cc1[N+](=O)[O-]. The van der Waals surface area contributed by atoms with Gasteiger partial charge in [-0.25, -0.2) is 9.37 Å². The number of rotatable bonds is 4. The molecular weight excluding hydrogens is 315 g/mol. The molecule has 0 aliphatic carbocycles. The average molecular weight is 332 g/mol. The largest absolute Gasteiger partial charge is 0.378 e. The van der Waals surface area contributed by atoms with Gasteiger partial charge < -0.3 is 15.0 Å². The van der Waals surface area contributed by atoms with Gasteiger partial charge in [0.05, 0.1) is 35.6 Å². The third-order valence-corrected chi connectivity index (χ3v) is 3.83. The van der Waals surface area contributed by atoms with Crippen LogP contribution in [0.3, 0.4) is 0 Å². The lowest BCUT2D eigenvalue weighted by atomic mass is 10.2. The topological polar surface area (TPSA) is 80.5 Å². The Balaban J connectivity index is 1.84. The van der Waals surface area contributed by atoms with Crippen LogP contribution in [0.2, 0.25) is 0 Å². The number of benzene rings is 1. The van der Waals surface area contributed by atoms with Gasteiger partial charge in [-0.05, 0) is 31.2 Å². The lowest BCUT2D eigenvalue weighted by Gasteiger charge is -2.28. The molecule has 2 aromatic rings. The minimum atomic E-state index is -0.648. The van der Waals surface area contributed by atoms with E-state index in [-0.39, 0.29) is 11.4 Å². The van der Waals surface area contributed by atoms with Crippen LogP contribution in [0.4, 0.5) is 27.3 Å². The van der Waals surface area contributed by atoms with E-state index in [4.69, 9.17) is 4.74 Å². The van der Waals surface area contributed by atoms with Crippen molar-refractivity contribution in [2.75, 3.05) is 36.5 Å². The summed E-state index contributed by atoms with van der Waals surface area (Å²) in [6, 6.07) is 7.10. The molecule has 1 aromatic heterocycles. The molecule has 2 heterocycles. The van der Waals surface area contributed by atoms with Crippen LogP contribution >= 0.6 is 0 Å². The van der Waals surface area contributed by atoms with Crippen molar-refractivity contribution in [3.05, 3.63) is 52.0 Å². The monoisotopic (exact) mass is 332 g/mol. The van der Waals surface area contributed by atoms with Gasteiger partial charge in [0.2, 0.25) is 0 Å². The van der Waals surface area contributed by atoms with Gasteiger partial charge in [0, 0.05) is 13.1 Å². The quantitative estimate of drug-likeness (QED) is 0.685. The number of nitrogens with zero attached hydrogens (tertiary/aromatic N) is 3. The zero-order valence-corrected chi connectivity index (χ0v) is 13.2. The first kappa shape index (κ1) is 16.1. The smallest absolute Gasteiger partial charge is 0.295 e. The second-order valence-corrected chi connectivity index (χ2v) is 5.45. The zero-order chi connectivity index (χ0) is 17.1. The Morgan fingerprint density at radius 1 is 1.25 bits per heavy atom. The maximum absolute atomic E-state index is 13.2. The highest BCUT2D eigenvalue weighted by atomic mass is 19.1. The Hall–Kier alpha value is -2.74. The van der Waals surface area contributed by atoms with Crippen molar-refractivity contribution in [1.82, 2.24) is 4.98 Å². The first-order chi connectivity index (χ1) is 11.5. The van der Waals surface area contributed by atoms with Crippen LogP contribution in [0.5, 0.6) is 0 Å². The molecule has 126 valence electrons. The number of morpholine rings is 1. The molecule has 3 rings (SSSR count). The van der Waals surface area contributed by atoms with E-state index in [2.05, 4.69) is 15.2 Å². The summed E-state index contributed by atoms with van der Waals surface area (Å²) >= 11 is 0. The number of pyridine rings is 1. The van der Waals surface area contributed by atoms with Gasteiger partial charge in [-0.1, -0.05) is 0 Å². The number of aryl methyl sites for hydroxylation is 1. The van der Waals surface area contributed by atoms with Gasteiger partial charge in [-0.3, -0.25) is 10.1 Å². The molecule has 0 spiro atoms.